The van der Waals surface area contributed by atoms with Crippen molar-refractivity contribution in [2.24, 2.45) is 5.92 Å². The van der Waals surface area contributed by atoms with Gasteiger partial charge >= 0.3 is 0 Å². The average molecular weight is 219 g/mol. The fourth-order valence-electron chi connectivity index (χ4n) is 2.03. The Bertz CT molecular complexity index is 324. The van der Waals surface area contributed by atoms with Crippen LogP contribution in [0.1, 0.15) is 45.2 Å². The highest BCUT2D eigenvalue weighted by Crippen LogP contribution is 2.21. The molecule has 0 atom stereocenters. The first-order valence-corrected chi connectivity index (χ1v) is 6.23. The van der Waals surface area contributed by atoms with Gasteiger partial charge in [0.1, 0.15) is 5.82 Å². The standard InChI is InChI=1S/C13H21N3/c1-10(2)12-8-15-13(9-14-12)16-6-4-11(3)5-7-16/h8-11H,4-7H2,1-3H3. The van der Waals surface area contributed by atoms with E-state index >= 15 is 0 Å². The second-order valence-electron chi connectivity index (χ2n) is 5.12. The number of nitrogens with zero attached hydrogens (tertiary/aromatic N) is 3. The zero-order valence-electron chi connectivity index (χ0n) is 10.5. The van der Waals surface area contributed by atoms with Gasteiger partial charge in [0.25, 0.3) is 0 Å². The van der Waals surface area contributed by atoms with Crippen LogP contribution in [0.3, 0.4) is 0 Å². The summed E-state index contributed by atoms with van der Waals surface area (Å²) in [6.07, 6.45) is 6.38. The van der Waals surface area contributed by atoms with Crippen molar-refractivity contribution in [3.05, 3.63) is 18.1 Å². The third-order valence-electron chi connectivity index (χ3n) is 3.36. The van der Waals surface area contributed by atoms with E-state index in [0.717, 1.165) is 30.5 Å². The van der Waals surface area contributed by atoms with Crippen LogP contribution in [0.2, 0.25) is 0 Å². The Morgan fingerprint density at radius 2 is 1.88 bits per heavy atom. The molecule has 0 spiro atoms. The molecule has 0 N–H and O–H groups in total. The fourth-order valence-corrected chi connectivity index (χ4v) is 2.03. The van der Waals surface area contributed by atoms with Crippen molar-refractivity contribution in [2.75, 3.05) is 18.0 Å². The van der Waals surface area contributed by atoms with Crippen LogP contribution in [0.5, 0.6) is 0 Å². The van der Waals surface area contributed by atoms with Crippen LogP contribution in [0.4, 0.5) is 5.82 Å². The monoisotopic (exact) mass is 219 g/mol. The highest BCUT2D eigenvalue weighted by atomic mass is 15.2. The van der Waals surface area contributed by atoms with E-state index < -0.39 is 0 Å². The van der Waals surface area contributed by atoms with Gasteiger partial charge < -0.3 is 4.90 Å². The first kappa shape index (κ1) is 11.4. The number of anilines is 1. The number of aromatic nitrogens is 2. The predicted octanol–water partition coefficient (Wildman–Crippen LogP) is 2.84. The van der Waals surface area contributed by atoms with E-state index in [0.29, 0.717) is 5.92 Å². The molecule has 88 valence electrons. The van der Waals surface area contributed by atoms with Crippen LogP contribution < -0.4 is 4.90 Å². The SMILES string of the molecule is CC1CCN(c2cnc(C(C)C)cn2)CC1. The summed E-state index contributed by atoms with van der Waals surface area (Å²) in [5, 5.41) is 0. The maximum atomic E-state index is 4.51. The third-order valence-corrected chi connectivity index (χ3v) is 3.36. The number of hydrogen-bond acceptors (Lipinski definition) is 3. The van der Waals surface area contributed by atoms with Crippen LogP contribution in [0.25, 0.3) is 0 Å². The van der Waals surface area contributed by atoms with E-state index in [1.807, 2.05) is 12.4 Å². The predicted molar refractivity (Wildman–Crippen MR) is 66.7 cm³/mol. The molecular formula is C13H21N3. The summed E-state index contributed by atoms with van der Waals surface area (Å²) >= 11 is 0. The van der Waals surface area contributed by atoms with Crippen LogP contribution in [0, 0.1) is 5.92 Å². The molecule has 1 aromatic rings. The van der Waals surface area contributed by atoms with Crippen molar-refractivity contribution in [2.45, 2.75) is 39.5 Å². The molecule has 0 bridgehead atoms. The van der Waals surface area contributed by atoms with Gasteiger partial charge in [0.15, 0.2) is 0 Å². The van der Waals surface area contributed by atoms with Gasteiger partial charge in [0, 0.05) is 13.1 Å². The molecule has 2 rings (SSSR count). The van der Waals surface area contributed by atoms with E-state index in [4.69, 9.17) is 0 Å². The Kier molecular flexibility index (Phi) is 3.42. The molecule has 0 radical (unpaired) electrons. The molecule has 0 saturated carbocycles. The summed E-state index contributed by atoms with van der Waals surface area (Å²) in [5.41, 5.74) is 1.08. The third kappa shape index (κ3) is 2.52. The van der Waals surface area contributed by atoms with Crippen LogP contribution in [-0.2, 0) is 0 Å². The first-order chi connectivity index (χ1) is 7.66. The smallest absolute Gasteiger partial charge is 0.147 e. The summed E-state index contributed by atoms with van der Waals surface area (Å²) in [6, 6.07) is 0. The van der Waals surface area contributed by atoms with Crippen molar-refractivity contribution < 1.29 is 0 Å². The summed E-state index contributed by atoms with van der Waals surface area (Å²) in [7, 11) is 0. The molecule has 0 aromatic carbocycles. The molecule has 1 aliphatic rings. The fraction of sp³-hybridized carbons (Fsp3) is 0.692. The summed E-state index contributed by atoms with van der Waals surface area (Å²) in [4.78, 5) is 11.3. The Labute approximate surface area is 97.9 Å². The van der Waals surface area contributed by atoms with E-state index in [1.165, 1.54) is 12.8 Å². The lowest BCUT2D eigenvalue weighted by Crippen LogP contribution is -2.33. The highest BCUT2D eigenvalue weighted by Gasteiger charge is 2.17. The van der Waals surface area contributed by atoms with Crippen molar-refractivity contribution in [1.29, 1.82) is 0 Å². The molecule has 0 amide bonds. The Balaban J connectivity index is 2.04. The largest absolute Gasteiger partial charge is 0.355 e. The van der Waals surface area contributed by atoms with Crippen molar-refractivity contribution >= 4 is 5.82 Å². The molecule has 0 unspecified atom stereocenters. The van der Waals surface area contributed by atoms with Crippen molar-refractivity contribution in [3.8, 4) is 0 Å². The normalized spacial score (nSPS) is 18.1. The molecule has 1 aliphatic heterocycles. The summed E-state index contributed by atoms with van der Waals surface area (Å²) in [6.45, 7) is 8.86. The lowest BCUT2D eigenvalue weighted by molar-refractivity contribution is 0.436. The Morgan fingerprint density at radius 1 is 1.19 bits per heavy atom. The van der Waals surface area contributed by atoms with Crippen molar-refractivity contribution in [1.82, 2.24) is 9.97 Å². The molecule has 16 heavy (non-hydrogen) atoms. The summed E-state index contributed by atoms with van der Waals surface area (Å²) < 4.78 is 0. The average Bonchev–Trinajstić information content (AvgIpc) is 2.30. The summed E-state index contributed by atoms with van der Waals surface area (Å²) in [5.74, 6) is 2.36. The Morgan fingerprint density at radius 3 is 2.38 bits per heavy atom. The zero-order chi connectivity index (χ0) is 11.5. The lowest BCUT2D eigenvalue weighted by Gasteiger charge is -2.30. The van der Waals surface area contributed by atoms with Gasteiger partial charge in [-0.05, 0) is 24.7 Å². The van der Waals surface area contributed by atoms with E-state index in [-0.39, 0.29) is 0 Å². The van der Waals surface area contributed by atoms with Crippen LogP contribution in [0.15, 0.2) is 12.4 Å². The maximum Gasteiger partial charge on any atom is 0.147 e. The van der Waals surface area contributed by atoms with E-state index in [9.17, 15) is 0 Å². The number of hydrogen-bond donors (Lipinski definition) is 0. The lowest BCUT2D eigenvalue weighted by atomic mass is 9.99. The minimum absolute atomic E-state index is 0.461. The van der Waals surface area contributed by atoms with Crippen molar-refractivity contribution in [3.63, 3.8) is 0 Å². The molecule has 1 aromatic heterocycles. The second-order valence-corrected chi connectivity index (χ2v) is 5.12. The van der Waals surface area contributed by atoms with E-state index in [2.05, 4.69) is 35.6 Å². The second kappa shape index (κ2) is 4.81. The molecule has 3 heteroatoms. The maximum absolute atomic E-state index is 4.51. The first-order valence-electron chi connectivity index (χ1n) is 6.23. The molecule has 3 nitrogen and oxygen atoms in total. The Hall–Kier alpha value is -1.12. The van der Waals surface area contributed by atoms with Gasteiger partial charge in [-0.3, -0.25) is 4.98 Å². The van der Waals surface area contributed by atoms with Crippen LogP contribution in [-0.4, -0.2) is 23.1 Å². The highest BCUT2D eigenvalue weighted by molar-refractivity contribution is 5.36. The molecular weight excluding hydrogens is 198 g/mol. The van der Waals surface area contributed by atoms with E-state index in [1.54, 1.807) is 0 Å². The van der Waals surface area contributed by atoms with Gasteiger partial charge in [0.05, 0.1) is 18.1 Å². The number of rotatable bonds is 2. The molecule has 1 saturated heterocycles. The quantitative estimate of drug-likeness (QED) is 0.766. The van der Waals surface area contributed by atoms with Gasteiger partial charge in [-0.25, -0.2) is 4.98 Å². The van der Waals surface area contributed by atoms with Gasteiger partial charge in [-0.1, -0.05) is 20.8 Å². The number of piperidine rings is 1. The van der Waals surface area contributed by atoms with Gasteiger partial charge in [-0.15, -0.1) is 0 Å². The van der Waals surface area contributed by atoms with Crippen LogP contribution >= 0.6 is 0 Å². The molecule has 1 fully saturated rings. The van der Waals surface area contributed by atoms with Gasteiger partial charge in [-0.2, -0.15) is 0 Å². The topological polar surface area (TPSA) is 29.0 Å². The van der Waals surface area contributed by atoms with Gasteiger partial charge in [0.2, 0.25) is 0 Å². The molecule has 2 heterocycles. The zero-order valence-corrected chi connectivity index (χ0v) is 10.5. The minimum atomic E-state index is 0.461. The molecule has 0 aliphatic carbocycles. The minimum Gasteiger partial charge on any atom is -0.355 e.